The van der Waals surface area contributed by atoms with Crippen molar-refractivity contribution < 1.29 is 13.2 Å². The van der Waals surface area contributed by atoms with E-state index in [2.05, 4.69) is 9.97 Å². The van der Waals surface area contributed by atoms with Gasteiger partial charge >= 0.3 is 6.18 Å². The van der Waals surface area contributed by atoms with Crippen LogP contribution in [0.4, 0.5) is 13.2 Å². The van der Waals surface area contributed by atoms with E-state index in [4.69, 9.17) is 0 Å². The number of nitrogens with zero attached hydrogens (tertiary/aromatic N) is 2. The second kappa shape index (κ2) is 4.03. The first kappa shape index (κ1) is 11.4. The van der Waals surface area contributed by atoms with Crippen molar-refractivity contribution in [3.8, 4) is 0 Å². The summed E-state index contributed by atoms with van der Waals surface area (Å²) in [6.07, 6.45) is -1.10. The average molecular weight is 230 g/mol. The van der Waals surface area contributed by atoms with Crippen LogP contribution >= 0.6 is 0 Å². The molecule has 2 rings (SSSR count). The van der Waals surface area contributed by atoms with Crippen molar-refractivity contribution >= 4 is 0 Å². The van der Waals surface area contributed by atoms with Crippen LogP contribution in [0.3, 0.4) is 0 Å². The predicted octanol–water partition coefficient (Wildman–Crippen LogP) is 2.94. The van der Waals surface area contributed by atoms with Gasteiger partial charge in [-0.25, -0.2) is 9.97 Å². The van der Waals surface area contributed by atoms with Gasteiger partial charge in [0.05, 0.1) is 0 Å². The molecule has 0 saturated heterocycles. The van der Waals surface area contributed by atoms with Crippen LogP contribution in [-0.2, 0) is 25.4 Å². The lowest BCUT2D eigenvalue weighted by Crippen LogP contribution is -2.19. The quantitative estimate of drug-likeness (QED) is 0.741. The summed E-state index contributed by atoms with van der Waals surface area (Å²) in [4.78, 5) is 7.83. The number of halogens is 3. The highest BCUT2D eigenvalue weighted by molar-refractivity contribution is 5.30. The zero-order valence-corrected chi connectivity index (χ0v) is 9.06. The maximum Gasteiger partial charge on any atom is 0.433 e. The summed E-state index contributed by atoms with van der Waals surface area (Å²) in [5, 5.41) is 0. The molecule has 2 nitrogen and oxygen atoms in total. The second-order valence-electron chi connectivity index (χ2n) is 3.97. The third-order valence-electron chi connectivity index (χ3n) is 2.81. The molecule has 0 aromatic carbocycles. The molecule has 0 amide bonds. The molecule has 0 bridgehead atoms. The Hall–Kier alpha value is -1.13. The first-order chi connectivity index (χ1) is 7.52. The van der Waals surface area contributed by atoms with Gasteiger partial charge < -0.3 is 0 Å². The molecule has 0 unspecified atom stereocenters. The molecule has 0 fully saturated rings. The van der Waals surface area contributed by atoms with Crippen LogP contribution in [0.5, 0.6) is 0 Å². The molecule has 1 aliphatic rings. The van der Waals surface area contributed by atoms with Crippen LogP contribution in [0, 0.1) is 0 Å². The van der Waals surface area contributed by atoms with Crippen LogP contribution in [0.25, 0.3) is 0 Å². The Morgan fingerprint density at radius 2 is 1.81 bits per heavy atom. The van der Waals surface area contributed by atoms with Gasteiger partial charge in [0.25, 0.3) is 0 Å². The van der Waals surface area contributed by atoms with Crippen molar-refractivity contribution in [3.63, 3.8) is 0 Å². The number of fused-ring (bicyclic) bond motifs is 1. The largest absolute Gasteiger partial charge is 0.433 e. The van der Waals surface area contributed by atoms with Gasteiger partial charge in [-0.2, -0.15) is 13.2 Å². The van der Waals surface area contributed by atoms with Crippen LogP contribution in [-0.4, -0.2) is 9.97 Å². The van der Waals surface area contributed by atoms with Crippen molar-refractivity contribution in [2.75, 3.05) is 0 Å². The van der Waals surface area contributed by atoms with E-state index < -0.39 is 11.9 Å². The Labute approximate surface area is 91.9 Å². The van der Waals surface area contributed by atoms with E-state index in [1.54, 1.807) is 6.92 Å². The minimum Gasteiger partial charge on any atom is -0.238 e. The first-order valence-corrected chi connectivity index (χ1v) is 5.48. The Bertz CT molecular complexity index is 399. The van der Waals surface area contributed by atoms with E-state index in [0.29, 0.717) is 36.3 Å². The Balaban J connectivity index is 2.56. The van der Waals surface area contributed by atoms with E-state index in [0.717, 1.165) is 12.8 Å². The molecule has 88 valence electrons. The van der Waals surface area contributed by atoms with Crippen molar-refractivity contribution in [2.24, 2.45) is 0 Å². The number of hydrogen-bond donors (Lipinski definition) is 0. The average Bonchev–Trinajstić information content (AvgIpc) is 2.26. The van der Waals surface area contributed by atoms with Gasteiger partial charge in [0.1, 0.15) is 5.82 Å². The second-order valence-corrected chi connectivity index (χ2v) is 3.97. The minimum atomic E-state index is -4.35. The monoisotopic (exact) mass is 230 g/mol. The standard InChI is InChI=1S/C11H13F3N2/c1-2-9-15-8-6-4-3-5-7(8)10(16-9)11(12,13)14/h2-6H2,1H3. The molecule has 1 heterocycles. The zero-order chi connectivity index (χ0) is 11.8. The Kier molecular flexibility index (Phi) is 2.86. The van der Waals surface area contributed by atoms with E-state index in [-0.39, 0.29) is 0 Å². The normalized spacial score (nSPS) is 16.0. The maximum absolute atomic E-state index is 12.8. The number of hydrogen-bond acceptors (Lipinski definition) is 2. The third-order valence-corrected chi connectivity index (χ3v) is 2.81. The Morgan fingerprint density at radius 1 is 1.12 bits per heavy atom. The molecule has 5 heteroatoms. The van der Waals surface area contributed by atoms with Crippen molar-refractivity contribution in [2.45, 2.75) is 45.2 Å². The molecular formula is C11H13F3N2. The molecule has 16 heavy (non-hydrogen) atoms. The van der Waals surface area contributed by atoms with Gasteiger partial charge in [0.15, 0.2) is 5.69 Å². The summed E-state index contributed by atoms with van der Waals surface area (Å²) in [6.45, 7) is 1.77. The number of aryl methyl sites for hydroxylation is 2. The SMILES string of the molecule is CCc1nc2c(c(C(F)(F)F)n1)CCCC2. The van der Waals surface area contributed by atoms with E-state index >= 15 is 0 Å². The molecule has 1 aliphatic carbocycles. The van der Waals surface area contributed by atoms with Crippen LogP contribution < -0.4 is 0 Å². The molecule has 0 saturated carbocycles. The molecule has 0 aliphatic heterocycles. The molecule has 0 N–H and O–H groups in total. The van der Waals surface area contributed by atoms with Crippen molar-refractivity contribution in [3.05, 3.63) is 22.8 Å². The molecular weight excluding hydrogens is 217 g/mol. The van der Waals surface area contributed by atoms with E-state index in [1.807, 2.05) is 0 Å². The highest BCUT2D eigenvalue weighted by Gasteiger charge is 2.37. The number of aromatic nitrogens is 2. The van der Waals surface area contributed by atoms with Crippen LogP contribution in [0.1, 0.15) is 42.5 Å². The molecule has 0 atom stereocenters. The van der Waals surface area contributed by atoms with Gasteiger partial charge in [-0.15, -0.1) is 0 Å². The fourth-order valence-corrected chi connectivity index (χ4v) is 2.04. The summed E-state index contributed by atoms with van der Waals surface area (Å²) in [6, 6.07) is 0. The van der Waals surface area contributed by atoms with Crippen molar-refractivity contribution in [1.82, 2.24) is 9.97 Å². The maximum atomic E-state index is 12.8. The lowest BCUT2D eigenvalue weighted by atomic mass is 9.94. The van der Waals surface area contributed by atoms with Crippen molar-refractivity contribution in [1.29, 1.82) is 0 Å². The summed E-state index contributed by atoms with van der Waals surface area (Å²) in [7, 11) is 0. The molecule has 1 aromatic rings. The summed E-state index contributed by atoms with van der Waals surface area (Å²) in [5.41, 5.74) is 0.204. The molecule has 0 radical (unpaired) electrons. The minimum absolute atomic E-state index is 0.299. The topological polar surface area (TPSA) is 25.8 Å². The van der Waals surface area contributed by atoms with Gasteiger partial charge in [-0.1, -0.05) is 6.92 Å². The molecule has 1 aromatic heterocycles. The lowest BCUT2D eigenvalue weighted by Gasteiger charge is -2.20. The fraction of sp³-hybridized carbons (Fsp3) is 0.636. The fourth-order valence-electron chi connectivity index (χ4n) is 2.04. The highest BCUT2D eigenvalue weighted by atomic mass is 19.4. The van der Waals surface area contributed by atoms with Crippen LogP contribution in [0.2, 0.25) is 0 Å². The van der Waals surface area contributed by atoms with Gasteiger partial charge in [0, 0.05) is 17.7 Å². The number of rotatable bonds is 1. The van der Waals surface area contributed by atoms with Crippen LogP contribution in [0.15, 0.2) is 0 Å². The number of alkyl halides is 3. The van der Waals surface area contributed by atoms with Gasteiger partial charge in [-0.3, -0.25) is 0 Å². The van der Waals surface area contributed by atoms with Gasteiger partial charge in [0.2, 0.25) is 0 Å². The van der Waals surface area contributed by atoms with E-state index in [9.17, 15) is 13.2 Å². The summed E-state index contributed by atoms with van der Waals surface area (Å²) in [5.74, 6) is 0.299. The third kappa shape index (κ3) is 2.03. The van der Waals surface area contributed by atoms with E-state index in [1.165, 1.54) is 0 Å². The zero-order valence-electron chi connectivity index (χ0n) is 9.06. The predicted molar refractivity (Wildman–Crippen MR) is 53.1 cm³/mol. The summed E-state index contributed by atoms with van der Waals surface area (Å²) >= 11 is 0. The Morgan fingerprint density at radius 3 is 2.44 bits per heavy atom. The van der Waals surface area contributed by atoms with Gasteiger partial charge in [-0.05, 0) is 25.7 Å². The molecule has 0 spiro atoms. The first-order valence-electron chi connectivity index (χ1n) is 5.48. The highest BCUT2D eigenvalue weighted by Crippen LogP contribution is 2.34. The smallest absolute Gasteiger partial charge is 0.238 e. The lowest BCUT2D eigenvalue weighted by molar-refractivity contribution is -0.142. The summed E-state index contributed by atoms with van der Waals surface area (Å²) < 4.78 is 38.4.